The van der Waals surface area contributed by atoms with Gasteiger partial charge in [-0.15, -0.1) is 5.10 Å². The number of carbonyl (C=O) groups excluding carboxylic acids is 1. The van der Waals surface area contributed by atoms with Gasteiger partial charge in [0.05, 0.1) is 11.6 Å². The number of fused-ring (bicyclic) bond motifs is 2. The number of nitrogens with zero attached hydrogens (tertiary/aromatic N) is 4. The second-order valence-corrected chi connectivity index (χ2v) is 6.15. The molecule has 7 nitrogen and oxygen atoms in total. The van der Waals surface area contributed by atoms with Crippen LogP contribution in [0, 0.1) is 0 Å². The zero-order valence-electron chi connectivity index (χ0n) is 14.3. The van der Waals surface area contributed by atoms with Crippen molar-refractivity contribution in [3.63, 3.8) is 0 Å². The fraction of sp³-hybridized carbons (Fsp3) is 0.158. The Kier molecular flexibility index (Phi) is 4.06. The normalized spacial score (nSPS) is 12.4. The van der Waals surface area contributed by atoms with Crippen LogP contribution in [0.25, 0.3) is 21.9 Å². The molecule has 4 aromatic rings. The van der Waals surface area contributed by atoms with E-state index in [9.17, 15) is 4.79 Å². The molecule has 3 N–H and O–H groups in total. The molecular formula is C19H18N6O. The number of benzene rings is 2. The number of rotatable bonds is 4. The van der Waals surface area contributed by atoms with Gasteiger partial charge in [0.1, 0.15) is 5.52 Å². The smallest absolute Gasteiger partial charge is 0.253 e. The first-order valence-electron chi connectivity index (χ1n) is 8.31. The highest BCUT2D eigenvalue weighted by Gasteiger charge is 2.16. The van der Waals surface area contributed by atoms with Crippen LogP contribution in [0.2, 0.25) is 0 Å². The average Bonchev–Trinajstić information content (AvgIpc) is 3.06. The minimum absolute atomic E-state index is 0.242. The monoisotopic (exact) mass is 346 g/mol. The minimum Gasteiger partial charge on any atom is -0.344 e. The molecule has 7 heteroatoms. The minimum atomic E-state index is -0.287. The van der Waals surface area contributed by atoms with Crippen LogP contribution in [-0.2, 0) is 7.05 Å². The summed E-state index contributed by atoms with van der Waals surface area (Å²) >= 11 is 0. The third kappa shape index (κ3) is 2.89. The molecule has 1 atom stereocenters. The summed E-state index contributed by atoms with van der Waals surface area (Å²) in [7, 11) is 1.76. The summed E-state index contributed by atoms with van der Waals surface area (Å²) in [4.78, 5) is 16.9. The molecule has 0 spiro atoms. The molecule has 130 valence electrons. The SMILES string of the molecule is Cn1nnc2cc(C(=O)NC(CN)c3ccc4ccccc4c3)cnc21. The van der Waals surface area contributed by atoms with Crippen LogP contribution in [0.3, 0.4) is 0 Å². The molecule has 0 aliphatic carbocycles. The molecule has 2 aromatic carbocycles. The van der Waals surface area contributed by atoms with Crippen molar-refractivity contribution in [2.24, 2.45) is 12.8 Å². The maximum absolute atomic E-state index is 12.6. The average molecular weight is 346 g/mol. The highest BCUT2D eigenvalue weighted by molar-refractivity contribution is 5.96. The van der Waals surface area contributed by atoms with Crippen molar-refractivity contribution in [2.75, 3.05) is 6.54 Å². The molecule has 26 heavy (non-hydrogen) atoms. The van der Waals surface area contributed by atoms with Gasteiger partial charge in [-0.25, -0.2) is 9.67 Å². The molecule has 0 aliphatic heterocycles. The number of amides is 1. The highest BCUT2D eigenvalue weighted by atomic mass is 16.1. The molecule has 0 fully saturated rings. The van der Waals surface area contributed by atoms with Crippen molar-refractivity contribution in [3.05, 3.63) is 65.9 Å². The summed E-state index contributed by atoms with van der Waals surface area (Å²) in [5.41, 5.74) is 8.52. The number of carbonyl (C=O) groups is 1. The van der Waals surface area contributed by atoms with Gasteiger partial charge in [0.25, 0.3) is 5.91 Å². The third-order valence-electron chi connectivity index (χ3n) is 4.42. The Morgan fingerprint density at radius 3 is 2.81 bits per heavy atom. The summed E-state index contributed by atoms with van der Waals surface area (Å²) < 4.78 is 1.56. The van der Waals surface area contributed by atoms with E-state index in [0.717, 1.165) is 16.3 Å². The van der Waals surface area contributed by atoms with Crippen molar-refractivity contribution in [2.45, 2.75) is 6.04 Å². The number of pyridine rings is 1. The highest BCUT2D eigenvalue weighted by Crippen LogP contribution is 2.20. The fourth-order valence-corrected chi connectivity index (χ4v) is 3.00. The molecular weight excluding hydrogens is 328 g/mol. The van der Waals surface area contributed by atoms with Crippen LogP contribution < -0.4 is 11.1 Å². The number of aromatic nitrogens is 4. The van der Waals surface area contributed by atoms with E-state index in [-0.39, 0.29) is 11.9 Å². The third-order valence-corrected chi connectivity index (χ3v) is 4.42. The second-order valence-electron chi connectivity index (χ2n) is 6.15. The van der Waals surface area contributed by atoms with E-state index < -0.39 is 0 Å². The first kappa shape index (κ1) is 16.2. The molecule has 0 aliphatic rings. The van der Waals surface area contributed by atoms with Gasteiger partial charge in [0.2, 0.25) is 0 Å². The Labute approximate surface area is 149 Å². The zero-order valence-corrected chi connectivity index (χ0v) is 14.3. The molecule has 1 unspecified atom stereocenters. The van der Waals surface area contributed by atoms with Gasteiger partial charge in [-0.3, -0.25) is 4.79 Å². The molecule has 0 saturated carbocycles. The molecule has 0 bridgehead atoms. The van der Waals surface area contributed by atoms with Crippen molar-refractivity contribution < 1.29 is 4.79 Å². The summed E-state index contributed by atoms with van der Waals surface area (Å²) in [5, 5.41) is 13.1. The molecule has 0 radical (unpaired) electrons. The number of hydrogen-bond donors (Lipinski definition) is 2. The number of nitrogens with one attached hydrogen (secondary N) is 1. The lowest BCUT2D eigenvalue weighted by Gasteiger charge is -2.18. The molecule has 2 aromatic heterocycles. The van der Waals surface area contributed by atoms with Crippen LogP contribution in [-0.4, -0.2) is 32.4 Å². The molecule has 0 saturated heterocycles. The van der Waals surface area contributed by atoms with Gasteiger partial charge in [0.15, 0.2) is 5.65 Å². The van der Waals surface area contributed by atoms with Crippen LogP contribution >= 0.6 is 0 Å². The van der Waals surface area contributed by atoms with Crippen LogP contribution in [0.15, 0.2) is 54.7 Å². The standard InChI is InChI=1S/C19H18N6O/c1-25-18-16(23-24-25)9-15(11-21-18)19(26)22-17(10-20)14-7-6-12-4-2-3-5-13(12)8-14/h2-9,11,17H,10,20H2,1H3,(H,22,26). The van der Waals surface area contributed by atoms with Gasteiger partial charge >= 0.3 is 0 Å². The fourth-order valence-electron chi connectivity index (χ4n) is 3.00. The van der Waals surface area contributed by atoms with E-state index in [1.807, 2.05) is 30.3 Å². The Morgan fingerprint density at radius 1 is 1.19 bits per heavy atom. The van der Waals surface area contributed by atoms with E-state index in [0.29, 0.717) is 23.3 Å². The first-order chi connectivity index (χ1) is 12.7. The molecule has 1 amide bonds. The summed E-state index contributed by atoms with van der Waals surface area (Å²) in [6.45, 7) is 0.297. The van der Waals surface area contributed by atoms with Crippen LogP contribution in [0.5, 0.6) is 0 Å². The van der Waals surface area contributed by atoms with E-state index in [1.54, 1.807) is 17.8 Å². The van der Waals surface area contributed by atoms with Crippen LogP contribution in [0.1, 0.15) is 22.0 Å². The quantitative estimate of drug-likeness (QED) is 0.588. The summed E-state index contributed by atoms with van der Waals surface area (Å²) in [6, 6.07) is 15.6. The predicted molar refractivity (Wildman–Crippen MR) is 99.5 cm³/mol. The Morgan fingerprint density at radius 2 is 2.00 bits per heavy atom. The largest absolute Gasteiger partial charge is 0.344 e. The Balaban J connectivity index is 1.60. The number of nitrogens with two attached hydrogens (primary N) is 1. The summed E-state index contributed by atoms with van der Waals surface area (Å²) in [5.74, 6) is -0.242. The van der Waals surface area contributed by atoms with Crippen LogP contribution in [0.4, 0.5) is 0 Å². The van der Waals surface area contributed by atoms with Crippen molar-refractivity contribution >= 4 is 27.8 Å². The van der Waals surface area contributed by atoms with E-state index >= 15 is 0 Å². The van der Waals surface area contributed by atoms with Crippen molar-refractivity contribution in [3.8, 4) is 0 Å². The van der Waals surface area contributed by atoms with Gasteiger partial charge in [0, 0.05) is 19.8 Å². The molecule has 2 heterocycles. The van der Waals surface area contributed by atoms with Gasteiger partial charge in [-0.05, 0) is 28.5 Å². The van der Waals surface area contributed by atoms with E-state index in [4.69, 9.17) is 5.73 Å². The lowest BCUT2D eigenvalue weighted by Crippen LogP contribution is -2.33. The summed E-state index contributed by atoms with van der Waals surface area (Å²) in [6.07, 6.45) is 1.52. The van der Waals surface area contributed by atoms with Gasteiger partial charge < -0.3 is 11.1 Å². The first-order valence-corrected chi connectivity index (χ1v) is 8.31. The maximum Gasteiger partial charge on any atom is 0.253 e. The topological polar surface area (TPSA) is 98.7 Å². The lowest BCUT2D eigenvalue weighted by atomic mass is 10.0. The van der Waals surface area contributed by atoms with E-state index in [1.165, 1.54) is 6.20 Å². The van der Waals surface area contributed by atoms with Crippen molar-refractivity contribution in [1.29, 1.82) is 0 Å². The Bertz CT molecular complexity index is 1100. The van der Waals surface area contributed by atoms with Gasteiger partial charge in [-0.2, -0.15) is 0 Å². The number of aryl methyl sites for hydroxylation is 1. The second kappa shape index (κ2) is 6.53. The molecule has 4 rings (SSSR count). The zero-order chi connectivity index (χ0) is 18.1. The van der Waals surface area contributed by atoms with E-state index in [2.05, 4.69) is 32.7 Å². The van der Waals surface area contributed by atoms with Crippen molar-refractivity contribution in [1.82, 2.24) is 25.3 Å². The maximum atomic E-state index is 12.6. The lowest BCUT2D eigenvalue weighted by molar-refractivity contribution is 0.0937. The van der Waals surface area contributed by atoms with Gasteiger partial charge in [-0.1, -0.05) is 41.6 Å². The predicted octanol–water partition coefficient (Wildman–Crippen LogP) is 1.95. The number of hydrogen-bond acceptors (Lipinski definition) is 5. The Hall–Kier alpha value is -3.32.